The van der Waals surface area contributed by atoms with Crippen LogP contribution >= 0.6 is 0 Å². The van der Waals surface area contributed by atoms with E-state index in [4.69, 9.17) is 9.47 Å². The van der Waals surface area contributed by atoms with E-state index in [1.807, 2.05) is 0 Å². The summed E-state index contributed by atoms with van der Waals surface area (Å²) in [5.74, 6) is -6.54. The molecular formula is C17H12F4O2. The molecule has 120 valence electrons. The fourth-order valence-corrected chi connectivity index (χ4v) is 2.31. The van der Waals surface area contributed by atoms with Crippen LogP contribution in [0.3, 0.4) is 0 Å². The van der Waals surface area contributed by atoms with Crippen LogP contribution in [0, 0.1) is 23.3 Å². The molecule has 0 amide bonds. The molecule has 1 heterocycles. The Morgan fingerprint density at radius 1 is 0.826 bits per heavy atom. The molecule has 1 aliphatic heterocycles. The highest BCUT2D eigenvalue weighted by Crippen LogP contribution is 2.28. The Kier molecular flexibility index (Phi) is 4.45. The highest BCUT2D eigenvalue weighted by atomic mass is 19.2. The van der Waals surface area contributed by atoms with Gasteiger partial charge in [-0.3, -0.25) is 0 Å². The molecule has 1 saturated heterocycles. The van der Waals surface area contributed by atoms with Crippen LogP contribution in [-0.4, -0.2) is 13.2 Å². The van der Waals surface area contributed by atoms with Gasteiger partial charge in [0.15, 0.2) is 29.6 Å². The lowest BCUT2D eigenvalue weighted by Crippen LogP contribution is -2.00. The van der Waals surface area contributed by atoms with E-state index >= 15 is 0 Å². The molecule has 0 bridgehead atoms. The maximum Gasteiger partial charge on any atom is 0.198 e. The third-order valence-corrected chi connectivity index (χ3v) is 3.44. The molecule has 0 radical (unpaired) electrons. The Morgan fingerprint density at radius 2 is 1.48 bits per heavy atom. The Bertz CT molecular complexity index is 752. The van der Waals surface area contributed by atoms with Gasteiger partial charge in [-0.1, -0.05) is 36.4 Å². The van der Waals surface area contributed by atoms with Crippen molar-refractivity contribution in [2.45, 2.75) is 6.29 Å². The van der Waals surface area contributed by atoms with Gasteiger partial charge in [0.05, 0.1) is 13.2 Å². The van der Waals surface area contributed by atoms with Gasteiger partial charge in [0.1, 0.15) is 0 Å². The molecule has 2 aromatic carbocycles. The number of ether oxygens (including phenoxy) is 2. The fraction of sp³-hybridized carbons (Fsp3) is 0.176. The molecule has 0 aliphatic carbocycles. The zero-order valence-electron chi connectivity index (χ0n) is 11.9. The SMILES string of the molecule is Fc1cc(C=Cc2ccccc2C2OCCO2)c(F)c(F)c1F. The third-order valence-electron chi connectivity index (χ3n) is 3.44. The molecule has 2 aromatic rings. The van der Waals surface area contributed by atoms with Crippen LogP contribution in [0.1, 0.15) is 23.0 Å². The molecule has 0 N–H and O–H groups in total. The lowest BCUT2D eigenvalue weighted by Gasteiger charge is -2.12. The molecule has 6 heteroatoms. The van der Waals surface area contributed by atoms with Gasteiger partial charge >= 0.3 is 0 Å². The van der Waals surface area contributed by atoms with Crippen LogP contribution < -0.4 is 0 Å². The van der Waals surface area contributed by atoms with Gasteiger partial charge in [0, 0.05) is 11.1 Å². The predicted molar refractivity (Wildman–Crippen MR) is 76.3 cm³/mol. The van der Waals surface area contributed by atoms with Gasteiger partial charge in [-0.15, -0.1) is 0 Å². The van der Waals surface area contributed by atoms with Crippen LogP contribution in [0.4, 0.5) is 17.6 Å². The maximum absolute atomic E-state index is 13.7. The Balaban J connectivity index is 1.95. The van der Waals surface area contributed by atoms with E-state index in [9.17, 15) is 17.6 Å². The molecule has 2 nitrogen and oxygen atoms in total. The highest BCUT2D eigenvalue weighted by molar-refractivity contribution is 5.71. The Hall–Kier alpha value is -2.18. The van der Waals surface area contributed by atoms with Crippen molar-refractivity contribution in [3.05, 3.63) is 70.3 Å². The molecule has 23 heavy (non-hydrogen) atoms. The second-order valence-corrected chi connectivity index (χ2v) is 4.93. The molecule has 1 fully saturated rings. The lowest BCUT2D eigenvalue weighted by atomic mass is 10.0. The molecule has 0 atom stereocenters. The van der Waals surface area contributed by atoms with Gasteiger partial charge < -0.3 is 9.47 Å². The minimum absolute atomic E-state index is 0.385. The van der Waals surface area contributed by atoms with Crippen LogP contribution in [0.25, 0.3) is 12.2 Å². The van der Waals surface area contributed by atoms with Crippen molar-refractivity contribution in [3.8, 4) is 0 Å². The first kappa shape index (κ1) is 15.7. The fourth-order valence-electron chi connectivity index (χ4n) is 2.31. The number of halogens is 4. The van der Waals surface area contributed by atoms with Crippen LogP contribution in [0.15, 0.2) is 30.3 Å². The molecule has 0 aromatic heterocycles. The summed E-state index contributed by atoms with van der Waals surface area (Å²) in [7, 11) is 0. The summed E-state index contributed by atoms with van der Waals surface area (Å²) in [5.41, 5.74) is 0.970. The van der Waals surface area contributed by atoms with Gasteiger partial charge in [0.25, 0.3) is 0 Å². The van der Waals surface area contributed by atoms with Crippen molar-refractivity contribution in [2.75, 3.05) is 13.2 Å². The summed E-state index contributed by atoms with van der Waals surface area (Å²) < 4.78 is 63.9. The highest BCUT2D eigenvalue weighted by Gasteiger charge is 2.20. The topological polar surface area (TPSA) is 18.5 Å². The van der Waals surface area contributed by atoms with E-state index in [0.29, 0.717) is 30.4 Å². The molecule has 1 aliphatic rings. The van der Waals surface area contributed by atoms with Gasteiger partial charge in [-0.2, -0.15) is 0 Å². The standard InChI is InChI=1S/C17H12F4O2/c18-13-9-11(14(19)16(21)15(13)20)6-5-10-3-1-2-4-12(10)17-22-7-8-23-17/h1-6,9,17H,7-8H2. The van der Waals surface area contributed by atoms with E-state index < -0.39 is 29.6 Å². The molecule has 3 rings (SSSR count). The zero-order valence-corrected chi connectivity index (χ0v) is 11.9. The van der Waals surface area contributed by atoms with Crippen LogP contribution in [0.5, 0.6) is 0 Å². The minimum Gasteiger partial charge on any atom is -0.346 e. The van der Waals surface area contributed by atoms with Crippen molar-refractivity contribution in [3.63, 3.8) is 0 Å². The summed E-state index contributed by atoms with van der Waals surface area (Å²) in [5, 5.41) is 0. The quantitative estimate of drug-likeness (QED) is 0.359. The van der Waals surface area contributed by atoms with Crippen molar-refractivity contribution in [1.29, 1.82) is 0 Å². The van der Waals surface area contributed by atoms with E-state index in [1.54, 1.807) is 24.3 Å². The molecule has 0 unspecified atom stereocenters. The zero-order chi connectivity index (χ0) is 16.4. The van der Waals surface area contributed by atoms with E-state index in [1.165, 1.54) is 12.2 Å². The second-order valence-electron chi connectivity index (χ2n) is 4.93. The van der Waals surface area contributed by atoms with Gasteiger partial charge in [0.2, 0.25) is 0 Å². The first-order valence-corrected chi connectivity index (χ1v) is 6.91. The third kappa shape index (κ3) is 3.13. The van der Waals surface area contributed by atoms with Crippen molar-refractivity contribution in [1.82, 2.24) is 0 Å². The van der Waals surface area contributed by atoms with Gasteiger partial charge in [-0.25, -0.2) is 17.6 Å². The Morgan fingerprint density at radius 3 is 2.22 bits per heavy atom. The van der Waals surface area contributed by atoms with E-state index in [-0.39, 0.29) is 5.56 Å². The number of hydrogen-bond donors (Lipinski definition) is 0. The van der Waals surface area contributed by atoms with Crippen molar-refractivity contribution >= 4 is 12.2 Å². The average Bonchev–Trinajstić information content (AvgIpc) is 3.09. The summed E-state index contributed by atoms with van der Waals surface area (Å²) in [6.07, 6.45) is 2.10. The predicted octanol–water partition coefficient (Wildman–Crippen LogP) is 4.46. The maximum atomic E-state index is 13.7. The van der Waals surface area contributed by atoms with Crippen molar-refractivity contribution in [2.24, 2.45) is 0 Å². The molecule has 0 saturated carbocycles. The van der Waals surface area contributed by atoms with E-state index in [0.717, 1.165) is 0 Å². The second kappa shape index (κ2) is 6.52. The lowest BCUT2D eigenvalue weighted by molar-refractivity contribution is -0.0442. The number of benzene rings is 2. The largest absolute Gasteiger partial charge is 0.346 e. The summed E-state index contributed by atoms with van der Waals surface area (Å²) >= 11 is 0. The average molecular weight is 324 g/mol. The smallest absolute Gasteiger partial charge is 0.198 e. The normalized spacial score (nSPS) is 15.7. The summed E-state index contributed by atoms with van der Waals surface area (Å²) in [4.78, 5) is 0. The number of hydrogen-bond acceptors (Lipinski definition) is 2. The first-order valence-electron chi connectivity index (χ1n) is 6.91. The van der Waals surface area contributed by atoms with Gasteiger partial charge in [-0.05, 0) is 11.6 Å². The summed E-state index contributed by atoms with van der Waals surface area (Å²) in [6, 6.07) is 7.65. The van der Waals surface area contributed by atoms with Crippen LogP contribution in [-0.2, 0) is 9.47 Å². The number of rotatable bonds is 3. The first-order chi connectivity index (χ1) is 11.1. The monoisotopic (exact) mass is 324 g/mol. The molecule has 0 spiro atoms. The minimum atomic E-state index is -1.83. The summed E-state index contributed by atoms with van der Waals surface area (Å²) in [6.45, 7) is 0.928. The molecular weight excluding hydrogens is 312 g/mol. The van der Waals surface area contributed by atoms with Crippen molar-refractivity contribution < 1.29 is 27.0 Å². The van der Waals surface area contributed by atoms with Crippen LogP contribution in [0.2, 0.25) is 0 Å². The van der Waals surface area contributed by atoms with E-state index in [2.05, 4.69) is 0 Å². The Labute approximate surface area is 130 Å².